The molecule has 19 heavy (non-hydrogen) atoms. The largest absolute Gasteiger partial charge is 0.480 e. The smallest absolute Gasteiger partial charge is 0.328 e. The molecule has 0 aromatic carbocycles. The highest BCUT2D eigenvalue weighted by atomic mass is 16.5. The van der Waals surface area contributed by atoms with Gasteiger partial charge in [-0.1, -0.05) is 12.8 Å². The number of carbonyl (C=O) groups is 2. The second-order valence-electron chi connectivity index (χ2n) is 5.13. The summed E-state index contributed by atoms with van der Waals surface area (Å²) < 4.78 is 5.11. The Hall–Kier alpha value is -1.34. The van der Waals surface area contributed by atoms with Crippen molar-refractivity contribution in [3.8, 4) is 0 Å². The number of carboxylic acids is 1. The summed E-state index contributed by atoms with van der Waals surface area (Å²) in [5.74, 6) is -1.04. The summed E-state index contributed by atoms with van der Waals surface area (Å²) in [4.78, 5) is 24.6. The molecule has 3 unspecified atom stereocenters. The van der Waals surface area contributed by atoms with Crippen LogP contribution < -0.4 is 11.1 Å². The van der Waals surface area contributed by atoms with E-state index in [0.717, 1.165) is 25.7 Å². The molecule has 7 nitrogen and oxygen atoms in total. The van der Waals surface area contributed by atoms with E-state index in [2.05, 4.69) is 5.32 Å². The number of urea groups is 1. The number of nitrogens with one attached hydrogen (secondary N) is 1. The number of morpholine rings is 1. The molecule has 3 atom stereocenters. The Balaban J connectivity index is 1.95. The Labute approximate surface area is 112 Å². The lowest BCUT2D eigenvalue weighted by atomic mass is 9.91. The summed E-state index contributed by atoms with van der Waals surface area (Å²) >= 11 is 0. The second-order valence-corrected chi connectivity index (χ2v) is 5.13. The van der Waals surface area contributed by atoms with Gasteiger partial charge in [0.05, 0.1) is 13.2 Å². The first kappa shape index (κ1) is 14.1. The number of ether oxygens (including phenoxy) is 1. The fourth-order valence-corrected chi connectivity index (χ4v) is 2.63. The molecule has 0 bridgehead atoms. The molecule has 7 heteroatoms. The van der Waals surface area contributed by atoms with Gasteiger partial charge in [-0.25, -0.2) is 9.59 Å². The highest BCUT2D eigenvalue weighted by Crippen LogP contribution is 2.17. The van der Waals surface area contributed by atoms with Crippen molar-refractivity contribution in [3.63, 3.8) is 0 Å². The minimum atomic E-state index is -1.04. The van der Waals surface area contributed by atoms with Crippen molar-refractivity contribution < 1.29 is 19.4 Å². The average molecular weight is 271 g/mol. The standard InChI is InChI=1S/C12H21N3O4/c13-8-3-1-2-4-9(8)14-12(18)15-5-6-19-7-10(15)11(16)17/h8-10H,1-7,13H2,(H,14,18)(H,16,17). The topological polar surface area (TPSA) is 105 Å². The summed E-state index contributed by atoms with van der Waals surface area (Å²) in [6.45, 7) is 0.706. The molecule has 2 fully saturated rings. The zero-order valence-corrected chi connectivity index (χ0v) is 10.9. The van der Waals surface area contributed by atoms with Crippen LogP contribution >= 0.6 is 0 Å². The number of nitrogens with zero attached hydrogens (tertiary/aromatic N) is 1. The van der Waals surface area contributed by atoms with Gasteiger partial charge in [-0.3, -0.25) is 0 Å². The third kappa shape index (κ3) is 3.36. The second kappa shape index (κ2) is 6.21. The quantitative estimate of drug-likeness (QED) is 0.642. The number of hydrogen-bond acceptors (Lipinski definition) is 4. The van der Waals surface area contributed by atoms with Gasteiger partial charge in [0.1, 0.15) is 0 Å². The van der Waals surface area contributed by atoms with E-state index in [1.54, 1.807) is 0 Å². The van der Waals surface area contributed by atoms with Crippen LogP contribution in [-0.2, 0) is 9.53 Å². The van der Waals surface area contributed by atoms with Gasteiger partial charge in [-0.15, -0.1) is 0 Å². The Morgan fingerprint density at radius 1 is 1.32 bits per heavy atom. The maximum Gasteiger partial charge on any atom is 0.328 e. The first-order valence-corrected chi connectivity index (χ1v) is 6.73. The lowest BCUT2D eigenvalue weighted by molar-refractivity contribution is -0.147. The van der Waals surface area contributed by atoms with Crippen LogP contribution in [-0.4, -0.2) is 59.9 Å². The molecule has 0 aromatic heterocycles. The van der Waals surface area contributed by atoms with E-state index in [4.69, 9.17) is 15.6 Å². The minimum Gasteiger partial charge on any atom is -0.480 e. The summed E-state index contributed by atoms with van der Waals surface area (Å²) in [6.07, 6.45) is 3.89. The number of nitrogens with two attached hydrogens (primary N) is 1. The van der Waals surface area contributed by atoms with E-state index in [1.165, 1.54) is 4.90 Å². The van der Waals surface area contributed by atoms with Gasteiger partial charge in [0.2, 0.25) is 0 Å². The van der Waals surface area contributed by atoms with Gasteiger partial charge in [0.15, 0.2) is 6.04 Å². The van der Waals surface area contributed by atoms with E-state index in [9.17, 15) is 9.59 Å². The van der Waals surface area contributed by atoms with Crippen LogP contribution in [0.25, 0.3) is 0 Å². The third-order valence-electron chi connectivity index (χ3n) is 3.80. The van der Waals surface area contributed by atoms with Gasteiger partial charge in [-0.2, -0.15) is 0 Å². The van der Waals surface area contributed by atoms with Crippen molar-refractivity contribution in [2.24, 2.45) is 5.73 Å². The van der Waals surface area contributed by atoms with Crippen LogP contribution in [0.4, 0.5) is 4.79 Å². The van der Waals surface area contributed by atoms with Gasteiger partial charge < -0.3 is 25.8 Å². The molecule has 1 saturated heterocycles. The van der Waals surface area contributed by atoms with Crippen LogP contribution in [0.1, 0.15) is 25.7 Å². The normalized spacial score (nSPS) is 31.8. The van der Waals surface area contributed by atoms with Gasteiger partial charge in [0.25, 0.3) is 0 Å². The van der Waals surface area contributed by atoms with E-state index in [-0.39, 0.29) is 24.7 Å². The van der Waals surface area contributed by atoms with Crippen LogP contribution in [0.15, 0.2) is 0 Å². The summed E-state index contributed by atoms with van der Waals surface area (Å²) in [6, 6.07) is -1.35. The highest BCUT2D eigenvalue weighted by molar-refractivity contribution is 5.83. The number of rotatable bonds is 2. The fraction of sp³-hybridized carbons (Fsp3) is 0.833. The van der Waals surface area contributed by atoms with Crippen molar-refractivity contribution in [2.75, 3.05) is 19.8 Å². The molecule has 0 spiro atoms. The van der Waals surface area contributed by atoms with Crippen LogP contribution in [0.2, 0.25) is 0 Å². The predicted octanol–water partition coefficient (Wildman–Crippen LogP) is -0.249. The van der Waals surface area contributed by atoms with Crippen molar-refractivity contribution >= 4 is 12.0 Å². The molecular weight excluding hydrogens is 250 g/mol. The van der Waals surface area contributed by atoms with Gasteiger partial charge in [0, 0.05) is 18.6 Å². The van der Waals surface area contributed by atoms with Crippen LogP contribution in [0.3, 0.4) is 0 Å². The first-order valence-electron chi connectivity index (χ1n) is 6.73. The first-order chi connectivity index (χ1) is 9.09. The maximum atomic E-state index is 12.2. The van der Waals surface area contributed by atoms with Crippen molar-refractivity contribution in [3.05, 3.63) is 0 Å². The van der Waals surface area contributed by atoms with Crippen molar-refractivity contribution in [2.45, 2.75) is 43.8 Å². The zero-order chi connectivity index (χ0) is 13.8. The molecule has 2 aliphatic rings. The molecule has 1 aliphatic carbocycles. The number of carbonyl (C=O) groups excluding carboxylic acids is 1. The molecule has 1 saturated carbocycles. The lowest BCUT2D eigenvalue weighted by Gasteiger charge is -2.36. The Kier molecular flexibility index (Phi) is 4.60. The van der Waals surface area contributed by atoms with Crippen LogP contribution in [0.5, 0.6) is 0 Å². The number of aliphatic carboxylic acids is 1. The van der Waals surface area contributed by atoms with Crippen LogP contribution in [0, 0.1) is 0 Å². The molecule has 2 rings (SSSR count). The number of amides is 2. The SMILES string of the molecule is NC1CCCCC1NC(=O)N1CCOCC1C(=O)O. The predicted molar refractivity (Wildman–Crippen MR) is 67.7 cm³/mol. The maximum absolute atomic E-state index is 12.2. The Bertz CT molecular complexity index is 350. The molecule has 0 radical (unpaired) electrons. The van der Waals surface area contributed by atoms with E-state index in [1.807, 2.05) is 0 Å². The fourth-order valence-electron chi connectivity index (χ4n) is 2.63. The van der Waals surface area contributed by atoms with Crippen molar-refractivity contribution in [1.29, 1.82) is 0 Å². The summed E-state index contributed by atoms with van der Waals surface area (Å²) in [5, 5.41) is 12.0. The zero-order valence-electron chi connectivity index (χ0n) is 10.9. The molecule has 4 N–H and O–H groups in total. The lowest BCUT2D eigenvalue weighted by Crippen LogP contribution is -2.59. The van der Waals surface area contributed by atoms with E-state index in [0.29, 0.717) is 13.2 Å². The Morgan fingerprint density at radius 2 is 2.05 bits per heavy atom. The van der Waals surface area contributed by atoms with E-state index < -0.39 is 12.0 Å². The molecular formula is C12H21N3O4. The van der Waals surface area contributed by atoms with Crippen molar-refractivity contribution in [1.82, 2.24) is 10.2 Å². The van der Waals surface area contributed by atoms with Gasteiger partial charge in [-0.05, 0) is 12.8 Å². The molecule has 0 aromatic rings. The molecule has 1 aliphatic heterocycles. The highest BCUT2D eigenvalue weighted by Gasteiger charge is 2.34. The minimum absolute atomic E-state index is 0.0398. The molecule has 2 amide bonds. The molecule has 1 heterocycles. The summed E-state index contributed by atoms with van der Waals surface area (Å²) in [7, 11) is 0. The average Bonchev–Trinajstić information content (AvgIpc) is 2.41. The molecule has 108 valence electrons. The number of carboxylic acid groups (broad SMARTS) is 1. The Morgan fingerprint density at radius 3 is 2.74 bits per heavy atom. The monoisotopic (exact) mass is 271 g/mol. The number of hydrogen-bond donors (Lipinski definition) is 3. The van der Waals surface area contributed by atoms with Gasteiger partial charge >= 0.3 is 12.0 Å². The summed E-state index contributed by atoms with van der Waals surface area (Å²) in [5.41, 5.74) is 5.98. The van der Waals surface area contributed by atoms with E-state index >= 15 is 0 Å². The third-order valence-corrected chi connectivity index (χ3v) is 3.80.